The smallest absolute Gasteiger partial charge is 0.261 e. The number of nitrogen functional groups attached to an aromatic ring is 9. The van der Waals surface area contributed by atoms with Gasteiger partial charge in [0, 0.05) is 118 Å². The normalized spacial score (nSPS) is 10.8. The minimum absolute atomic E-state index is 0.137. The Bertz CT molecular complexity index is 5940. The Morgan fingerprint density at radius 1 is 0.346 bits per heavy atom. The third-order valence-electron chi connectivity index (χ3n) is 19.0. The largest absolute Gasteiger partial charge is 0.439 e. The number of nitrogens with zero attached hydrogens (tertiary/aromatic N) is 24. The van der Waals surface area contributed by atoms with Crippen LogP contribution in [0.25, 0.3) is 94.2 Å². The number of oxazole rings is 1. The molecule has 0 aliphatic carbocycles. The highest BCUT2D eigenvalue weighted by Crippen LogP contribution is 2.33. The third kappa shape index (κ3) is 31.2. The van der Waals surface area contributed by atoms with E-state index in [0.717, 1.165) is 98.9 Å². The summed E-state index contributed by atoms with van der Waals surface area (Å²) in [6.45, 7) is 37.8. The van der Waals surface area contributed by atoms with Crippen molar-refractivity contribution in [1.29, 1.82) is 0 Å². The molecule has 18 aromatic rings. The third-order valence-corrected chi connectivity index (χ3v) is 23.3. The molecule has 0 aromatic carbocycles. The van der Waals surface area contributed by atoms with Crippen LogP contribution in [-0.2, 0) is 0 Å². The van der Waals surface area contributed by atoms with Crippen molar-refractivity contribution in [1.82, 2.24) is 120 Å². The zero-order chi connectivity index (χ0) is 98.2. The van der Waals surface area contributed by atoms with Crippen LogP contribution in [0, 0.1) is 0 Å². The summed E-state index contributed by atoms with van der Waals surface area (Å²) in [5, 5.41) is 23.5. The first kappa shape index (κ1) is 103. The second-order valence-corrected chi connectivity index (χ2v) is 36.8. The standard InChI is InChI=1S/C13H15N3.C11H14N4.2C11H13N3O.C10H12N4O.4C10H12N4S/c1-9(2)10-5-6-12(16-8-10)11-4-3-7-15-13(11)14;1-8(2)9-6-15(7-13-9)11-5-3-4-10(12)14-11;1-7(2)8-3-4-9(13-6-8)10-5-11(12)15-14-10;1-7(2)11-13-6-9(15-11)8-4-3-5-10(12)14-8;1-6(2)8-4-3-7(5-12-8)9-13-10(11)14-15-9;1-6(2)7-3-13-8(4-12-7)10-14-9(11)5-15-10;1-6(2)9-12-3-7(4-13-9)10-14-8(11)5-15-10;1-6(2)7-5-13-10(15-7)9-12-4-3-8(11)14-9;1-6(2)9-13-14-10(15-9)7-4-3-5-8(11)12-7/h3-9H,1-2H3,(H2,14,15);3-8H,1-2H3,(H2,12,14);3-7H,12H2,1-2H3;3-7H,1-2H3,(H2,12,14);3-6H,1-2H3,(H2,11,14);2*3-6H,11H2,1-2H3;3-6H,1-2H3,(H2,11,12,14);3-6H,1-2H3,(H2,11,12). The molecule has 36 nitrogen and oxygen atoms in total. The summed E-state index contributed by atoms with van der Waals surface area (Å²) in [4.78, 5) is 81.3. The van der Waals surface area contributed by atoms with Crippen LogP contribution in [0.15, 0.2) is 220 Å². The fraction of sp³-hybridized carbons (Fsp3) is 0.281. The summed E-state index contributed by atoms with van der Waals surface area (Å²) in [6.07, 6.45) is 23.2. The van der Waals surface area contributed by atoms with Crippen LogP contribution in [0.1, 0.15) is 228 Å². The molecule has 0 radical (unpaired) electrons. The van der Waals surface area contributed by atoms with Crippen molar-refractivity contribution >= 4 is 97.9 Å². The summed E-state index contributed by atoms with van der Waals surface area (Å²) < 4.78 is 17.1. The van der Waals surface area contributed by atoms with E-state index in [0.29, 0.717) is 123 Å². The highest BCUT2D eigenvalue weighted by Gasteiger charge is 2.18. The van der Waals surface area contributed by atoms with Gasteiger partial charge in [0.15, 0.2) is 27.5 Å². The number of imidazole rings is 1. The molecule has 18 rings (SSSR count). The van der Waals surface area contributed by atoms with E-state index in [-0.39, 0.29) is 11.9 Å². The molecule has 0 bridgehead atoms. The maximum absolute atomic E-state index is 5.80. The predicted molar refractivity (Wildman–Crippen MR) is 545 cm³/mol. The number of rotatable bonds is 18. The van der Waals surface area contributed by atoms with E-state index >= 15 is 0 Å². The molecule has 0 spiro atoms. The number of hydrogen-bond acceptors (Lipinski definition) is 39. The fourth-order valence-corrected chi connectivity index (χ4v) is 14.3. The highest BCUT2D eigenvalue weighted by molar-refractivity contribution is 7.15. The number of anilines is 9. The Balaban J connectivity index is 0.000000158. The zero-order valence-electron chi connectivity index (χ0n) is 79.1. The van der Waals surface area contributed by atoms with Crippen molar-refractivity contribution in [3.63, 3.8) is 0 Å². The zero-order valence-corrected chi connectivity index (χ0v) is 82.4. The van der Waals surface area contributed by atoms with E-state index < -0.39 is 0 Å². The van der Waals surface area contributed by atoms with E-state index in [4.69, 9.17) is 65.1 Å². The average molecular weight is 1910 g/mol. The van der Waals surface area contributed by atoms with Gasteiger partial charge in [-0.05, 0) is 131 Å². The first-order valence-electron chi connectivity index (χ1n) is 43.5. The predicted octanol–water partition coefficient (Wildman–Crippen LogP) is 20.8. The van der Waals surface area contributed by atoms with Crippen LogP contribution < -0.4 is 51.6 Å². The van der Waals surface area contributed by atoms with Gasteiger partial charge in [-0.2, -0.15) is 4.98 Å². The lowest BCUT2D eigenvalue weighted by Crippen LogP contribution is -1.97. The van der Waals surface area contributed by atoms with Gasteiger partial charge >= 0.3 is 0 Å². The molecule has 0 unspecified atom stereocenters. The summed E-state index contributed by atoms with van der Waals surface area (Å²) >= 11 is 6.15. The second kappa shape index (κ2) is 50.0. The molecule has 0 aliphatic rings. The van der Waals surface area contributed by atoms with Crippen LogP contribution in [-0.4, -0.2) is 120 Å². The van der Waals surface area contributed by atoms with Gasteiger partial charge in [-0.1, -0.05) is 171 Å². The van der Waals surface area contributed by atoms with Crippen molar-refractivity contribution in [2.24, 2.45) is 0 Å². The van der Waals surface area contributed by atoms with Gasteiger partial charge in [-0.15, -0.1) is 44.2 Å². The Labute approximate surface area is 806 Å². The number of nitrogens with two attached hydrogens (primary N) is 9. The van der Waals surface area contributed by atoms with Crippen molar-refractivity contribution < 1.29 is 13.5 Å². The monoisotopic (exact) mass is 1910 g/mol. The molecule has 706 valence electrons. The lowest BCUT2D eigenvalue weighted by molar-refractivity contribution is 0.433. The van der Waals surface area contributed by atoms with E-state index in [1.165, 1.54) is 38.7 Å². The van der Waals surface area contributed by atoms with Crippen molar-refractivity contribution in [3.05, 3.63) is 257 Å². The van der Waals surface area contributed by atoms with Gasteiger partial charge in [0.2, 0.25) is 5.88 Å². The van der Waals surface area contributed by atoms with Crippen LogP contribution in [0.3, 0.4) is 0 Å². The number of thiazole rings is 3. The molecule has 0 saturated carbocycles. The van der Waals surface area contributed by atoms with Gasteiger partial charge in [-0.3, -0.25) is 29.5 Å². The number of aromatic nitrogens is 24. The highest BCUT2D eigenvalue weighted by atomic mass is 32.1. The Morgan fingerprint density at radius 2 is 0.956 bits per heavy atom. The van der Waals surface area contributed by atoms with E-state index in [2.05, 4.69) is 232 Å². The van der Waals surface area contributed by atoms with Crippen molar-refractivity contribution in [2.75, 3.05) is 51.6 Å². The Hall–Kier alpha value is -15.3. The fourth-order valence-electron chi connectivity index (χ4n) is 11.3. The van der Waals surface area contributed by atoms with Crippen molar-refractivity contribution in [3.8, 4) is 94.2 Å². The minimum atomic E-state index is 0.137. The molecule has 0 fully saturated rings. The maximum Gasteiger partial charge on any atom is 0.261 e. The molecule has 18 N–H and O–H groups in total. The molecule has 18 heterocycles. The average Bonchev–Trinajstić information content (AvgIpc) is 1.78. The first-order valence-corrected chi connectivity index (χ1v) is 46.9. The number of hydrogen-bond donors (Lipinski definition) is 9. The summed E-state index contributed by atoms with van der Waals surface area (Å²) in [6, 6.07) is 35.5. The summed E-state index contributed by atoms with van der Waals surface area (Å²) in [5.41, 5.74) is 62.8. The molecule has 0 atom stereocenters. The van der Waals surface area contributed by atoms with Crippen LogP contribution in [0.2, 0.25) is 0 Å². The SMILES string of the molecule is CC(C)c1ccc(-c2cc(N)on2)nc1.CC(C)c1ccc(-c2cccnc2N)nc1.CC(C)c1ccc(-c2nc(N)no2)cn1.CC(C)c1cn(-c2cccc(N)n2)cn1.CC(C)c1cnc(-c2nc(N)cs2)cn1.CC(C)c1cnc(-c2nccc(N)n2)s1.CC(C)c1ncc(-c2cccc(N)n2)o1.CC(C)c1ncc(-c2nc(N)cs2)cn1.CC(C)c1nnc(-c2cccc(N)n2)s1. The molecule has 136 heavy (non-hydrogen) atoms. The van der Waals surface area contributed by atoms with E-state index in [9.17, 15) is 0 Å². The first-order chi connectivity index (χ1) is 65.0. The van der Waals surface area contributed by atoms with E-state index in [1.54, 1.807) is 114 Å². The Kier molecular flexibility index (Phi) is 37.8. The molecule has 0 saturated heterocycles. The topological polar surface area (TPSA) is 575 Å². The van der Waals surface area contributed by atoms with Gasteiger partial charge < -0.3 is 65.1 Å². The molecule has 0 amide bonds. The molecule has 0 aliphatic heterocycles. The molecule has 18 aromatic heterocycles. The molecule has 40 heteroatoms. The minimum Gasteiger partial charge on any atom is -0.439 e. The molecular formula is C96H115N33O3S4. The lowest BCUT2D eigenvalue weighted by atomic mass is 10.0. The van der Waals surface area contributed by atoms with Gasteiger partial charge in [0.1, 0.15) is 96.5 Å². The summed E-state index contributed by atoms with van der Waals surface area (Å²) in [5.74, 6) is 11.8. The van der Waals surface area contributed by atoms with Crippen molar-refractivity contribution in [2.45, 2.75) is 178 Å². The van der Waals surface area contributed by atoms with Crippen LogP contribution in [0.5, 0.6) is 0 Å². The molecular weight excluding hydrogens is 1790 g/mol. The number of pyridine rings is 7. The van der Waals surface area contributed by atoms with Gasteiger partial charge in [0.05, 0.1) is 40.7 Å². The van der Waals surface area contributed by atoms with Crippen LogP contribution in [0.4, 0.5) is 52.6 Å². The maximum atomic E-state index is 5.80. The van der Waals surface area contributed by atoms with E-state index in [1.807, 2.05) is 127 Å². The lowest BCUT2D eigenvalue weighted by Gasteiger charge is -2.07. The Morgan fingerprint density at radius 3 is 1.45 bits per heavy atom. The van der Waals surface area contributed by atoms with Gasteiger partial charge in [-0.25, -0.2) is 64.8 Å². The van der Waals surface area contributed by atoms with Crippen LogP contribution >= 0.6 is 45.3 Å². The summed E-state index contributed by atoms with van der Waals surface area (Å²) in [7, 11) is 0. The van der Waals surface area contributed by atoms with Gasteiger partial charge in [0.25, 0.3) is 11.8 Å². The quantitative estimate of drug-likeness (QED) is 0.0385. The second-order valence-electron chi connectivity index (χ2n) is 33.0.